The molecular weight excluding hydrogens is 284 g/mol. The molecule has 0 saturated heterocycles. The van der Waals surface area contributed by atoms with E-state index >= 15 is 0 Å². The van der Waals surface area contributed by atoms with Crippen molar-refractivity contribution in [1.29, 1.82) is 0 Å². The van der Waals surface area contributed by atoms with Gasteiger partial charge in [-0.1, -0.05) is 0 Å². The molecule has 0 amide bonds. The molecule has 0 aliphatic rings. The predicted octanol–water partition coefficient (Wildman–Crippen LogP) is 3.92. The van der Waals surface area contributed by atoms with Gasteiger partial charge in [-0.2, -0.15) is 0 Å². The Morgan fingerprint density at radius 1 is 0.714 bits per heavy atom. The smallest absolute Gasteiger partial charge is 0.152 e. The summed E-state index contributed by atoms with van der Waals surface area (Å²) < 4.78 is 55.7. The van der Waals surface area contributed by atoms with Gasteiger partial charge in [0.15, 0.2) is 11.6 Å². The van der Waals surface area contributed by atoms with Gasteiger partial charge in [0.05, 0.1) is 11.4 Å². The Hall–Kier alpha value is -2.24. The minimum Gasteiger partial charge on any atom is -0.386 e. The maximum absolute atomic E-state index is 14.1. The van der Waals surface area contributed by atoms with E-state index in [9.17, 15) is 17.6 Å². The lowest BCUT2D eigenvalue weighted by Crippen LogP contribution is -2.06. The van der Waals surface area contributed by atoms with Crippen LogP contribution in [-0.2, 0) is 6.42 Å². The summed E-state index contributed by atoms with van der Waals surface area (Å²) in [4.78, 5) is 0. The maximum Gasteiger partial charge on any atom is 0.152 e. The largest absolute Gasteiger partial charge is 0.386 e. The molecule has 2 nitrogen and oxygen atoms in total. The van der Waals surface area contributed by atoms with Gasteiger partial charge in [0.1, 0.15) is 11.6 Å². The molecular formula is C15H14F4N2. The van der Waals surface area contributed by atoms with E-state index in [1.54, 1.807) is 0 Å². The number of halogens is 4. The van der Waals surface area contributed by atoms with E-state index in [-0.39, 0.29) is 22.5 Å². The average Bonchev–Trinajstić information content (AvgIpc) is 2.46. The van der Waals surface area contributed by atoms with Crippen LogP contribution >= 0.6 is 0 Å². The van der Waals surface area contributed by atoms with Crippen LogP contribution in [0, 0.1) is 23.3 Å². The zero-order valence-electron chi connectivity index (χ0n) is 11.5. The minimum atomic E-state index is -0.855. The fraction of sp³-hybridized carbons (Fsp3) is 0.200. The number of benzene rings is 2. The zero-order valence-corrected chi connectivity index (χ0v) is 11.5. The molecule has 2 N–H and O–H groups in total. The molecule has 0 saturated carbocycles. The van der Waals surface area contributed by atoms with Gasteiger partial charge in [-0.3, -0.25) is 0 Å². The molecule has 0 heterocycles. The molecule has 6 heteroatoms. The Morgan fingerprint density at radius 2 is 1.10 bits per heavy atom. The highest BCUT2D eigenvalue weighted by Gasteiger charge is 2.19. The first kappa shape index (κ1) is 15.2. The first-order valence-electron chi connectivity index (χ1n) is 6.28. The van der Waals surface area contributed by atoms with E-state index in [0.717, 1.165) is 12.1 Å². The van der Waals surface area contributed by atoms with Crippen molar-refractivity contribution in [3.8, 4) is 0 Å². The van der Waals surface area contributed by atoms with Crippen molar-refractivity contribution < 1.29 is 17.6 Å². The quantitative estimate of drug-likeness (QED) is 0.836. The van der Waals surface area contributed by atoms with Gasteiger partial charge >= 0.3 is 0 Å². The summed E-state index contributed by atoms with van der Waals surface area (Å²) in [5.74, 6) is -3.40. The van der Waals surface area contributed by atoms with Gasteiger partial charge < -0.3 is 10.6 Å². The van der Waals surface area contributed by atoms with E-state index in [2.05, 4.69) is 10.6 Å². The Labute approximate surface area is 119 Å². The van der Waals surface area contributed by atoms with E-state index in [1.807, 2.05) is 0 Å². The zero-order chi connectivity index (χ0) is 15.6. The third-order valence-electron chi connectivity index (χ3n) is 3.26. The lowest BCUT2D eigenvalue weighted by Gasteiger charge is -2.12. The summed E-state index contributed by atoms with van der Waals surface area (Å²) >= 11 is 0. The fourth-order valence-electron chi connectivity index (χ4n) is 2.08. The number of anilines is 2. The minimum absolute atomic E-state index is 0.0667. The predicted molar refractivity (Wildman–Crippen MR) is 74.6 cm³/mol. The third-order valence-corrected chi connectivity index (χ3v) is 3.26. The molecule has 2 aromatic rings. The van der Waals surface area contributed by atoms with E-state index < -0.39 is 29.7 Å². The van der Waals surface area contributed by atoms with Crippen molar-refractivity contribution in [2.45, 2.75) is 6.42 Å². The molecule has 21 heavy (non-hydrogen) atoms. The van der Waals surface area contributed by atoms with Gasteiger partial charge in [0.25, 0.3) is 0 Å². The monoisotopic (exact) mass is 298 g/mol. The first-order valence-corrected chi connectivity index (χ1v) is 6.28. The highest BCUT2D eigenvalue weighted by Crippen LogP contribution is 2.28. The lowest BCUT2D eigenvalue weighted by molar-refractivity contribution is 0.541. The summed E-state index contributed by atoms with van der Waals surface area (Å²) in [6, 6.07) is 4.57. The van der Waals surface area contributed by atoms with Crippen molar-refractivity contribution in [1.82, 2.24) is 0 Å². The van der Waals surface area contributed by atoms with Crippen LogP contribution in [0.4, 0.5) is 28.9 Å². The van der Waals surface area contributed by atoms with E-state index in [4.69, 9.17) is 0 Å². The molecule has 0 bridgehead atoms. The first-order chi connectivity index (χ1) is 9.99. The Morgan fingerprint density at radius 3 is 1.43 bits per heavy atom. The van der Waals surface area contributed by atoms with Gasteiger partial charge in [0.2, 0.25) is 0 Å². The van der Waals surface area contributed by atoms with Crippen LogP contribution in [-0.4, -0.2) is 14.1 Å². The second-order valence-electron chi connectivity index (χ2n) is 4.45. The molecule has 0 aliphatic carbocycles. The van der Waals surface area contributed by atoms with Crippen LogP contribution < -0.4 is 10.6 Å². The summed E-state index contributed by atoms with van der Waals surface area (Å²) in [7, 11) is 2.95. The van der Waals surface area contributed by atoms with Crippen LogP contribution in [0.15, 0.2) is 24.3 Å². The molecule has 0 unspecified atom stereocenters. The van der Waals surface area contributed by atoms with Crippen LogP contribution in [0.3, 0.4) is 0 Å². The summed E-state index contributed by atoms with van der Waals surface area (Å²) in [6.45, 7) is 0. The molecule has 0 fully saturated rings. The highest BCUT2D eigenvalue weighted by atomic mass is 19.1. The topological polar surface area (TPSA) is 24.1 Å². The number of hydrogen-bond donors (Lipinski definition) is 2. The van der Waals surface area contributed by atoms with Crippen LogP contribution in [0.2, 0.25) is 0 Å². The molecule has 0 aromatic heterocycles. The Bertz CT molecular complexity index is 614. The summed E-state index contributed by atoms with van der Waals surface area (Å²) in [5.41, 5.74) is -0.630. The second kappa shape index (κ2) is 6.03. The van der Waals surface area contributed by atoms with Crippen molar-refractivity contribution >= 4 is 11.4 Å². The Balaban J connectivity index is 2.53. The van der Waals surface area contributed by atoms with Gasteiger partial charge in [0, 0.05) is 31.6 Å². The van der Waals surface area contributed by atoms with E-state index in [1.165, 1.54) is 26.2 Å². The molecule has 0 aliphatic heterocycles. The maximum atomic E-state index is 14.1. The molecule has 0 radical (unpaired) electrons. The molecule has 2 rings (SSSR count). The fourth-order valence-corrected chi connectivity index (χ4v) is 2.08. The van der Waals surface area contributed by atoms with Crippen molar-refractivity contribution in [3.05, 3.63) is 58.7 Å². The summed E-state index contributed by atoms with van der Waals surface area (Å²) in [5, 5.41) is 5.12. The van der Waals surface area contributed by atoms with Gasteiger partial charge in [-0.05, 0) is 24.3 Å². The number of nitrogens with one attached hydrogen (secondary N) is 2. The highest BCUT2D eigenvalue weighted by molar-refractivity contribution is 5.52. The van der Waals surface area contributed by atoms with E-state index in [0.29, 0.717) is 0 Å². The van der Waals surface area contributed by atoms with Crippen LogP contribution in [0.5, 0.6) is 0 Å². The Kier molecular flexibility index (Phi) is 4.35. The van der Waals surface area contributed by atoms with Crippen molar-refractivity contribution in [3.63, 3.8) is 0 Å². The van der Waals surface area contributed by atoms with Crippen LogP contribution in [0.1, 0.15) is 11.1 Å². The number of rotatable bonds is 4. The van der Waals surface area contributed by atoms with Gasteiger partial charge in [-0.25, -0.2) is 17.6 Å². The van der Waals surface area contributed by atoms with Crippen LogP contribution in [0.25, 0.3) is 0 Å². The normalized spacial score (nSPS) is 10.6. The number of hydrogen-bond acceptors (Lipinski definition) is 2. The summed E-state index contributed by atoms with van der Waals surface area (Å²) in [6.07, 6.45) is -0.514. The molecule has 2 aromatic carbocycles. The molecule has 112 valence electrons. The molecule has 0 spiro atoms. The standard InChI is InChI=1S/C15H14F4N2/c1-20-12-5-3-10(16)8(14(12)18)7-9-11(17)4-6-13(21-2)15(9)19/h3-6,20-21H,7H2,1-2H3. The lowest BCUT2D eigenvalue weighted by atomic mass is 10.0. The van der Waals surface area contributed by atoms with Crippen molar-refractivity contribution in [2.24, 2.45) is 0 Å². The third kappa shape index (κ3) is 2.79. The molecule has 0 atom stereocenters. The average molecular weight is 298 g/mol. The SMILES string of the molecule is CNc1ccc(F)c(Cc2c(F)ccc(NC)c2F)c1F. The van der Waals surface area contributed by atoms with Crippen molar-refractivity contribution in [2.75, 3.05) is 24.7 Å². The van der Waals surface area contributed by atoms with Gasteiger partial charge in [-0.15, -0.1) is 0 Å². The second-order valence-corrected chi connectivity index (χ2v) is 4.45.